The summed E-state index contributed by atoms with van der Waals surface area (Å²) in [6.45, 7) is 4.31. The molecule has 0 radical (unpaired) electrons. The molecule has 0 aromatic carbocycles. The average Bonchev–Trinajstić information content (AvgIpc) is 2.46. The normalized spacial score (nSPS) is 32.7. The molecule has 2 aliphatic rings. The van der Waals surface area contributed by atoms with Crippen LogP contribution in [0.15, 0.2) is 0 Å². The van der Waals surface area contributed by atoms with Gasteiger partial charge >= 0.3 is 0 Å². The van der Waals surface area contributed by atoms with Gasteiger partial charge in [-0.05, 0) is 57.0 Å². The summed E-state index contributed by atoms with van der Waals surface area (Å²) in [5.74, 6) is 1.26. The van der Waals surface area contributed by atoms with Gasteiger partial charge in [-0.1, -0.05) is 13.3 Å². The maximum atomic E-state index is 11.0. The van der Waals surface area contributed by atoms with E-state index in [1.165, 1.54) is 19.3 Å². The Morgan fingerprint density at radius 1 is 1.25 bits per heavy atom. The van der Waals surface area contributed by atoms with Gasteiger partial charge in [0.15, 0.2) is 0 Å². The molecule has 1 aliphatic carbocycles. The molecule has 1 heterocycles. The molecule has 20 heavy (non-hydrogen) atoms. The molecule has 0 aromatic heterocycles. The van der Waals surface area contributed by atoms with Crippen molar-refractivity contribution in [3.8, 4) is 6.07 Å². The summed E-state index contributed by atoms with van der Waals surface area (Å²) in [6.07, 6.45) is 7.30. The maximum absolute atomic E-state index is 11.0. The molecule has 112 valence electrons. The van der Waals surface area contributed by atoms with Gasteiger partial charge in [0.2, 0.25) is 5.91 Å². The van der Waals surface area contributed by atoms with Crippen LogP contribution in [-0.4, -0.2) is 29.9 Å². The van der Waals surface area contributed by atoms with E-state index in [9.17, 15) is 10.1 Å². The Hall–Kier alpha value is -1.08. The van der Waals surface area contributed by atoms with Crippen molar-refractivity contribution >= 4 is 5.91 Å². The summed E-state index contributed by atoms with van der Waals surface area (Å²) in [5, 5.41) is 9.38. The molecule has 0 spiro atoms. The Balaban J connectivity index is 1.90. The van der Waals surface area contributed by atoms with Crippen molar-refractivity contribution < 1.29 is 4.79 Å². The fourth-order valence-electron chi connectivity index (χ4n) is 3.93. The number of nitriles is 1. The maximum Gasteiger partial charge on any atom is 0.217 e. The van der Waals surface area contributed by atoms with E-state index in [2.05, 4.69) is 17.9 Å². The van der Waals surface area contributed by atoms with Crippen molar-refractivity contribution in [1.82, 2.24) is 4.90 Å². The number of carbonyl (C=O) groups is 1. The molecule has 1 amide bonds. The molecule has 0 aromatic rings. The van der Waals surface area contributed by atoms with Crippen LogP contribution in [0, 0.1) is 29.1 Å². The third-order valence-corrected chi connectivity index (χ3v) is 5.28. The van der Waals surface area contributed by atoms with Gasteiger partial charge in [0.05, 0.1) is 12.0 Å². The number of likely N-dealkylation sites (tertiary alicyclic amines) is 1. The predicted molar refractivity (Wildman–Crippen MR) is 78.6 cm³/mol. The number of nitrogens with two attached hydrogens (primary N) is 1. The number of hydrogen-bond acceptors (Lipinski definition) is 3. The molecular formula is C16H27N3O. The van der Waals surface area contributed by atoms with Crippen LogP contribution in [0.4, 0.5) is 0 Å². The first-order valence-electron chi connectivity index (χ1n) is 8.06. The number of piperidine rings is 1. The van der Waals surface area contributed by atoms with Crippen LogP contribution in [-0.2, 0) is 4.79 Å². The Morgan fingerprint density at radius 2 is 1.95 bits per heavy atom. The molecule has 2 N–H and O–H groups in total. The highest BCUT2D eigenvalue weighted by Gasteiger charge is 2.35. The second-order valence-corrected chi connectivity index (χ2v) is 6.54. The van der Waals surface area contributed by atoms with E-state index in [4.69, 9.17) is 5.73 Å². The van der Waals surface area contributed by atoms with E-state index in [0.29, 0.717) is 18.4 Å². The van der Waals surface area contributed by atoms with Gasteiger partial charge < -0.3 is 5.73 Å². The van der Waals surface area contributed by atoms with E-state index in [1.54, 1.807) is 0 Å². The smallest absolute Gasteiger partial charge is 0.217 e. The number of hydrogen-bond donors (Lipinski definition) is 1. The van der Waals surface area contributed by atoms with E-state index < -0.39 is 0 Å². The van der Waals surface area contributed by atoms with Gasteiger partial charge in [0.1, 0.15) is 0 Å². The first-order chi connectivity index (χ1) is 9.63. The topological polar surface area (TPSA) is 70.1 Å². The van der Waals surface area contributed by atoms with Crippen molar-refractivity contribution in [3.05, 3.63) is 0 Å². The number of primary amides is 1. The third kappa shape index (κ3) is 3.73. The predicted octanol–water partition coefficient (Wildman–Crippen LogP) is 2.29. The summed E-state index contributed by atoms with van der Waals surface area (Å²) in [6, 6.07) is 2.96. The second-order valence-electron chi connectivity index (χ2n) is 6.54. The fourth-order valence-corrected chi connectivity index (χ4v) is 3.93. The minimum atomic E-state index is -0.179. The Labute approximate surface area is 122 Å². The fraction of sp³-hybridized carbons (Fsp3) is 0.875. The lowest BCUT2D eigenvalue weighted by Crippen LogP contribution is -2.47. The molecular weight excluding hydrogens is 250 g/mol. The van der Waals surface area contributed by atoms with Gasteiger partial charge in [-0.3, -0.25) is 9.69 Å². The van der Waals surface area contributed by atoms with E-state index in [-0.39, 0.29) is 11.8 Å². The molecule has 1 saturated heterocycles. The van der Waals surface area contributed by atoms with Crippen LogP contribution in [0.3, 0.4) is 0 Å². The molecule has 1 saturated carbocycles. The highest BCUT2D eigenvalue weighted by atomic mass is 16.1. The molecule has 0 bridgehead atoms. The lowest BCUT2D eigenvalue weighted by atomic mass is 9.76. The molecule has 2 fully saturated rings. The summed E-state index contributed by atoms with van der Waals surface area (Å²) < 4.78 is 0. The van der Waals surface area contributed by atoms with E-state index in [1.807, 2.05) is 0 Å². The molecule has 2 rings (SSSR count). The third-order valence-electron chi connectivity index (χ3n) is 5.28. The number of nitrogens with zero attached hydrogens (tertiary/aromatic N) is 2. The van der Waals surface area contributed by atoms with Gasteiger partial charge in [0, 0.05) is 12.5 Å². The Morgan fingerprint density at radius 3 is 2.50 bits per heavy atom. The van der Waals surface area contributed by atoms with Crippen LogP contribution in [0.2, 0.25) is 0 Å². The highest BCUT2D eigenvalue weighted by molar-refractivity contribution is 5.73. The van der Waals surface area contributed by atoms with Crippen LogP contribution >= 0.6 is 0 Å². The van der Waals surface area contributed by atoms with Gasteiger partial charge in [0.25, 0.3) is 0 Å². The molecule has 3 unspecified atom stereocenters. The van der Waals surface area contributed by atoms with Crippen molar-refractivity contribution in [3.63, 3.8) is 0 Å². The SMILES string of the molecule is CCC1CCC(C#N)C(N2CCC(CC(N)=O)CC2)C1. The monoisotopic (exact) mass is 277 g/mol. The summed E-state index contributed by atoms with van der Waals surface area (Å²) >= 11 is 0. The minimum absolute atomic E-state index is 0.179. The van der Waals surface area contributed by atoms with Crippen molar-refractivity contribution in [2.45, 2.75) is 57.9 Å². The second kappa shape index (κ2) is 7.08. The van der Waals surface area contributed by atoms with Gasteiger partial charge in [-0.15, -0.1) is 0 Å². The first-order valence-corrected chi connectivity index (χ1v) is 8.06. The first kappa shape index (κ1) is 15.3. The summed E-state index contributed by atoms with van der Waals surface area (Å²) in [7, 11) is 0. The Kier molecular flexibility index (Phi) is 5.42. The zero-order valence-electron chi connectivity index (χ0n) is 12.6. The molecule has 4 nitrogen and oxygen atoms in total. The van der Waals surface area contributed by atoms with Gasteiger partial charge in [-0.25, -0.2) is 0 Å². The van der Waals surface area contributed by atoms with Crippen LogP contribution in [0.1, 0.15) is 51.9 Å². The van der Waals surface area contributed by atoms with Crippen LogP contribution in [0.25, 0.3) is 0 Å². The Bertz CT molecular complexity index is 368. The van der Waals surface area contributed by atoms with Crippen LogP contribution in [0.5, 0.6) is 0 Å². The molecule has 1 aliphatic heterocycles. The van der Waals surface area contributed by atoms with Crippen molar-refractivity contribution in [1.29, 1.82) is 5.26 Å². The zero-order valence-corrected chi connectivity index (χ0v) is 12.6. The lowest BCUT2D eigenvalue weighted by Gasteiger charge is -2.43. The van der Waals surface area contributed by atoms with Crippen LogP contribution < -0.4 is 5.73 Å². The molecule has 4 heteroatoms. The number of amides is 1. The van der Waals surface area contributed by atoms with Crippen molar-refractivity contribution in [2.24, 2.45) is 23.5 Å². The summed E-state index contributed by atoms with van der Waals surface area (Å²) in [5.41, 5.74) is 5.28. The van der Waals surface area contributed by atoms with E-state index in [0.717, 1.165) is 38.3 Å². The summed E-state index contributed by atoms with van der Waals surface area (Å²) in [4.78, 5) is 13.5. The largest absolute Gasteiger partial charge is 0.370 e. The number of rotatable bonds is 4. The quantitative estimate of drug-likeness (QED) is 0.857. The van der Waals surface area contributed by atoms with E-state index >= 15 is 0 Å². The lowest BCUT2D eigenvalue weighted by molar-refractivity contribution is -0.119. The zero-order chi connectivity index (χ0) is 14.5. The standard InChI is InChI=1S/C16H27N3O/c1-2-12-3-4-14(11-17)15(9-12)19-7-5-13(6-8-19)10-16(18)20/h12-15H,2-10H2,1H3,(H2,18,20). The molecule has 3 atom stereocenters. The minimum Gasteiger partial charge on any atom is -0.370 e. The van der Waals surface area contributed by atoms with Crippen molar-refractivity contribution in [2.75, 3.05) is 13.1 Å². The van der Waals surface area contributed by atoms with Gasteiger partial charge in [-0.2, -0.15) is 5.26 Å². The average molecular weight is 277 g/mol. The highest BCUT2D eigenvalue weighted by Crippen LogP contribution is 2.35. The number of carbonyl (C=O) groups excluding carboxylic acids is 1.